The predicted molar refractivity (Wildman–Crippen MR) is 87.7 cm³/mol. The normalized spacial score (nSPS) is 16.5. The van der Waals surface area contributed by atoms with E-state index in [-0.39, 0.29) is 12.3 Å². The van der Waals surface area contributed by atoms with E-state index in [1.54, 1.807) is 18.3 Å². The summed E-state index contributed by atoms with van der Waals surface area (Å²) >= 11 is 0. The van der Waals surface area contributed by atoms with Gasteiger partial charge < -0.3 is 0 Å². The van der Waals surface area contributed by atoms with Gasteiger partial charge in [0.1, 0.15) is 11.6 Å². The maximum absolute atomic E-state index is 11.9. The van der Waals surface area contributed by atoms with Crippen molar-refractivity contribution in [3.8, 4) is 11.8 Å². The Morgan fingerprint density at radius 1 is 1.00 bits per heavy atom. The summed E-state index contributed by atoms with van der Waals surface area (Å²) in [5, 5.41) is 0. The number of nitrogens with zero attached hydrogens (tertiary/aromatic N) is 2. The maximum atomic E-state index is 11.9. The first-order valence-electron chi connectivity index (χ1n) is 7.07. The molecule has 6 heteroatoms. The van der Waals surface area contributed by atoms with Gasteiger partial charge in [-0.2, -0.15) is 0 Å². The van der Waals surface area contributed by atoms with Crippen LogP contribution in [0.15, 0.2) is 48.7 Å². The molecule has 1 fully saturated rings. The standard InChI is InChI=1S/C17H14N2O3S/c20-17-13-23(21,22)11-10-19(17)16-9-8-15(12-18-16)7-6-14-4-2-1-3-5-14/h1-5,8-9,12H,10-11,13H2. The van der Waals surface area contributed by atoms with Crippen molar-refractivity contribution in [2.75, 3.05) is 23.0 Å². The molecule has 23 heavy (non-hydrogen) atoms. The van der Waals surface area contributed by atoms with Gasteiger partial charge in [0.15, 0.2) is 9.84 Å². The van der Waals surface area contributed by atoms with Gasteiger partial charge in [0.2, 0.25) is 5.91 Å². The molecule has 0 radical (unpaired) electrons. The molecule has 0 bridgehead atoms. The number of carbonyl (C=O) groups excluding carboxylic acids is 1. The number of anilines is 1. The lowest BCUT2D eigenvalue weighted by Crippen LogP contribution is -2.45. The second-order valence-corrected chi connectivity index (χ2v) is 7.34. The summed E-state index contributed by atoms with van der Waals surface area (Å²) in [7, 11) is -3.26. The van der Waals surface area contributed by atoms with Crippen LogP contribution in [0.3, 0.4) is 0 Å². The molecule has 5 nitrogen and oxygen atoms in total. The Hall–Kier alpha value is -2.65. The van der Waals surface area contributed by atoms with E-state index >= 15 is 0 Å². The molecule has 116 valence electrons. The lowest BCUT2D eigenvalue weighted by atomic mass is 10.2. The van der Waals surface area contributed by atoms with Crippen LogP contribution < -0.4 is 4.90 Å². The highest BCUT2D eigenvalue weighted by Crippen LogP contribution is 2.15. The third-order valence-electron chi connectivity index (χ3n) is 3.42. The molecule has 1 aromatic carbocycles. The average Bonchev–Trinajstić information content (AvgIpc) is 2.54. The molecule has 0 unspecified atom stereocenters. The molecule has 1 aliphatic rings. The molecule has 2 heterocycles. The van der Waals surface area contributed by atoms with E-state index in [9.17, 15) is 13.2 Å². The minimum atomic E-state index is -3.26. The van der Waals surface area contributed by atoms with Crippen molar-refractivity contribution < 1.29 is 13.2 Å². The number of rotatable bonds is 1. The summed E-state index contributed by atoms with van der Waals surface area (Å²) in [4.78, 5) is 17.5. The van der Waals surface area contributed by atoms with Gasteiger partial charge in [0, 0.05) is 23.9 Å². The van der Waals surface area contributed by atoms with Gasteiger partial charge in [0.05, 0.1) is 5.75 Å². The van der Waals surface area contributed by atoms with Crippen molar-refractivity contribution in [1.29, 1.82) is 0 Å². The molecule has 0 spiro atoms. The van der Waals surface area contributed by atoms with Crippen molar-refractivity contribution in [3.05, 3.63) is 59.8 Å². The fourth-order valence-electron chi connectivity index (χ4n) is 2.22. The number of pyridine rings is 1. The second kappa shape index (κ2) is 6.23. The fraction of sp³-hybridized carbons (Fsp3) is 0.176. The molecular formula is C17H14N2O3S. The van der Waals surface area contributed by atoms with Gasteiger partial charge in [-0.3, -0.25) is 9.69 Å². The highest BCUT2D eigenvalue weighted by atomic mass is 32.2. The highest BCUT2D eigenvalue weighted by Gasteiger charge is 2.30. The minimum Gasteiger partial charge on any atom is -0.295 e. The monoisotopic (exact) mass is 326 g/mol. The predicted octanol–water partition coefficient (Wildman–Crippen LogP) is 1.24. The molecular weight excluding hydrogens is 312 g/mol. The van der Waals surface area contributed by atoms with Crippen molar-refractivity contribution in [3.63, 3.8) is 0 Å². The molecule has 0 N–H and O–H groups in total. The lowest BCUT2D eigenvalue weighted by molar-refractivity contribution is -0.116. The quantitative estimate of drug-likeness (QED) is 0.740. The van der Waals surface area contributed by atoms with Crippen molar-refractivity contribution in [1.82, 2.24) is 4.98 Å². The fourth-order valence-corrected chi connectivity index (χ4v) is 3.36. The highest BCUT2D eigenvalue weighted by molar-refractivity contribution is 7.92. The molecule has 0 atom stereocenters. The number of carbonyl (C=O) groups is 1. The molecule has 3 rings (SSSR count). The Balaban J connectivity index is 1.76. The van der Waals surface area contributed by atoms with Crippen LogP contribution >= 0.6 is 0 Å². The van der Waals surface area contributed by atoms with Gasteiger partial charge in [-0.15, -0.1) is 0 Å². The van der Waals surface area contributed by atoms with Crippen LogP contribution in [0.25, 0.3) is 0 Å². The Morgan fingerprint density at radius 2 is 1.74 bits per heavy atom. The van der Waals surface area contributed by atoms with Crippen LogP contribution in [-0.2, 0) is 14.6 Å². The smallest absolute Gasteiger partial charge is 0.243 e. The molecule has 1 aromatic heterocycles. The minimum absolute atomic E-state index is 0.0318. The maximum Gasteiger partial charge on any atom is 0.243 e. The molecule has 0 aliphatic carbocycles. The van der Waals surface area contributed by atoms with E-state index in [0.717, 1.165) is 11.1 Å². The van der Waals surface area contributed by atoms with Crippen LogP contribution in [-0.4, -0.2) is 37.4 Å². The summed E-state index contributed by atoms with van der Waals surface area (Å²) in [6, 6.07) is 13.1. The zero-order valence-corrected chi connectivity index (χ0v) is 13.1. The first kappa shape index (κ1) is 15.3. The van der Waals surface area contributed by atoms with Crippen LogP contribution in [0.2, 0.25) is 0 Å². The summed E-state index contributed by atoms with van der Waals surface area (Å²) in [5.41, 5.74) is 1.64. The second-order valence-electron chi connectivity index (χ2n) is 5.16. The molecule has 2 aromatic rings. The molecule has 1 aliphatic heterocycles. The third-order valence-corrected chi connectivity index (χ3v) is 4.91. The Morgan fingerprint density at radius 3 is 2.39 bits per heavy atom. The number of aromatic nitrogens is 1. The van der Waals surface area contributed by atoms with E-state index in [0.29, 0.717) is 5.82 Å². The van der Waals surface area contributed by atoms with E-state index in [4.69, 9.17) is 0 Å². The SMILES string of the molecule is O=C1CS(=O)(=O)CCN1c1ccc(C#Cc2ccccc2)cn1. The number of sulfone groups is 1. The average molecular weight is 326 g/mol. The van der Waals surface area contributed by atoms with Crippen molar-refractivity contribution >= 4 is 21.6 Å². The largest absolute Gasteiger partial charge is 0.295 e. The Labute approximate surface area is 134 Å². The summed E-state index contributed by atoms with van der Waals surface area (Å²) in [6.45, 7) is 0.142. The van der Waals surface area contributed by atoms with Gasteiger partial charge in [-0.25, -0.2) is 13.4 Å². The van der Waals surface area contributed by atoms with Gasteiger partial charge >= 0.3 is 0 Å². The summed E-state index contributed by atoms with van der Waals surface area (Å²) in [6.07, 6.45) is 1.58. The third kappa shape index (κ3) is 3.76. The van der Waals surface area contributed by atoms with Crippen LogP contribution in [0, 0.1) is 11.8 Å². The van der Waals surface area contributed by atoms with E-state index in [1.165, 1.54) is 4.90 Å². The first-order valence-corrected chi connectivity index (χ1v) is 8.90. The molecule has 1 amide bonds. The first-order chi connectivity index (χ1) is 11.0. The number of benzene rings is 1. The number of hydrogen-bond donors (Lipinski definition) is 0. The van der Waals surface area contributed by atoms with Crippen molar-refractivity contribution in [2.45, 2.75) is 0 Å². The zero-order valence-electron chi connectivity index (χ0n) is 12.3. The van der Waals surface area contributed by atoms with E-state index in [1.807, 2.05) is 30.3 Å². The van der Waals surface area contributed by atoms with Gasteiger partial charge in [0.25, 0.3) is 0 Å². The van der Waals surface area contributed by atoms with E-state index < -0.39 is 21.5 Å². The van der Waals surface area contributed by atoms with Gasteiger partial charge in [-0.05, 0) is 24.3 Å². The molecule has 1 saturated heterocycles. The summed E-state index contributed by atoms with van der Waals surface area (Å²) in [5.74, 6) is 5.56. The van der Waals surface area contributed by atoms with Crippen LogP contribution in [0.1, 0.15) is 11.1 Å². The topological polar surface area (TPSA) is 67.3 Å². The number of hydrogen-bond acceptors (Lipinski definition) is 4. The zero-order chi connectivity index (χ0) is 16.3. The number of amides is 1. The Bertz CT molecular complexity index is 879. The lowest BCUT2D eigenvalue weighted by Gasteiger charge is -2.25. The van der Waals surface area contributed by atoms with Crippen LogP contribution in [0.4, 0.5) is 5.82 Å². The molecule has 0 saturated carbocycles. The van der Waals surface area contributed by atoms with Crippen molar-refractivity contribution in [2.24, 2.45) is 0 Å². The Kier molecular flexibility index (Phi) is 4.13. The van der Waals surface area contributed by atoms with E-state index in [2.05, 4.69) is 16.8 Å². The summed E-state index contributed by atoms with van der Waals surface area (Å²) < 4.78 is 22.9. The van der Waals surface area contributed by atoms with Gasteiger partial charge in [-0.1, -0.05) is 30.0 Å². The van der Waals surface area contributed by atoms with Crippen LogP contribution in [0.5, 0.6) is 0 Å².